The van der Waals surface area contributed by atoms with Crippen LogP contribution in [-0.4, -0.2) is 35.4 Å². The van der Waals surface area contributed by atoms with Crippen LogP contribution >= 0.6 is 0 Å². The fraction of sp³-hybridized carbons (Fsp3) is 0.636. The van der Waals surface area contributed by atoms with Gasteiger partial charge in [-0.1, -0.05) is 0 Å². The van der Waals surface area contributed by atoms with E-state index < -0.39 is 11.9 Å². The Morgan fingerprint density at radius 3 is 3.00 bits per heavy atom. The lowest BCUT2D eigenvalue weighted by Crippen LogP contribution is -2.33. The molecule has 1 aliphatic rings. The molecule has 1 unspecified atom stereocenters. The minimum atomic E-state index is -0.485. The van der Waals surface area contributed by atoms with E-state index in [9.17, 15) is 9.59 Å². The highest BCUT2D eigenvalue weighted by Gasteiger charge is 2.34. The van der Waals surface area contributed by atoms with Gasteiger partial charge in [0.25, 0.3) is 5.56 Å². The van der Waals surface area contributed by atoms with E-state index >= 15 is 0 Å². The normalized spacial score (nSPS) is 27.6. The van der Waals surface area contributed by atoms with Gasteiger partial charge in [-0.15, -0.1) is 0 Å². The first-order chi connectivity index (χ1) is 8.52. The Balaban J connectivity index is 2.26. The van der Waals surface area contributed by atoms with Crippen LogP contribution < -0.4 is 17.0 Å². The van der Waals surface area contributed by atoms with Gasteiger partial charge in [-0.3, -0.25) is 14.3 Å². The zero-order valence-electron chi connectivity index (χ0n) is 10.4. The number of H-pyrrole nitrogens is 1. The van der Waals surface area contributed by atoms with Gasteiger partial charge in [-0.25, -0.2) is 4.79 Å². The maximum absolute atomic E-state index is 11.7. The number of nitrogens with one attached hydrogen (secondary N) is 1. The summed E-state index contributed by atoms with van der Waals surface area (Å²) in [6.45, 7) is 2.02. The molecule has 1 aliphatic heterocycles. The molecule has 0 spiro atoms. The molecule has 2 heterocycles. The number of aryl methyl sites for hydroxylation is 1. The number of hydrogen-bond acceptors (Lipinski definition) is 5. The SMILES string of the molecule is COC[C@H]1O[C@@H](n2cc(C)c(=O)[nH]c2=O)CC1N. The molecule has 1 fully saturated rings. The highest BCUT2D eigenvalue weighted by Crippen LogP contribution is 2.26. The van der Waals surface area contributed by atoms with Gasteiger partial charge >= 0.3 is 5.69 Å². The van der Waals surface area contributed by atoms with E-state index in [1.54, 1.807) is 14.0 Å². The van der Waals surface area contributed by atoms with Crippen molar-refractivity contribution in [3.63, 3.8) is 0 Å². The lowest BCUT2D eigenvalue weighted by molar-refractivity contribution is -0.0361. The summed E-state index contributed by atoms with van der Waals surface area (Å²) in [6.07, 6.45) is 1.31. The molecule has 7 heteroatoms. The second-order valence-corrected chi connectivity index (χ2v) is 4.46. The summed E-state index contributed by atoms with van der Waals surface area (Å²) in [5.74, 6) is 0. The molecule has 1 saturated heterocycles. The van der Waals surface area contributed by atoms with Crippen molar-refractivity contribution in [1.29, 1.82) is 0 Å². The van der Waals surface area contributed by atoms with Crippen molar-refractivity contribution < 1.29 is 9.47 Å². The number of aromatic amines is 1. The van der Waals surface area contributed by atoms with Crippen molar-refractivity contribution >= 4 is 0 Å². The number of nitrogens with two attached hydrogens (primary N) is 1. The zero-order valence-corrected chi connectivity index (χ0v) is 10.4. The molecule has 0 radical (unpaired) electrons. The number of hydrogen-bond donors (Lipinski definition) is 2. The molecule has 18 heavy (non-hydrogen) atoms. The predicted octanol–water partition coefficient (Wildman–Crippen LogP) is -0.894. The van der Waals surface area contributed by atoms with Gasteiger partial charge < -0.3 is 15.2 Å². The van der Waals surface area contributed by atoms with Crippen molar-refractivity contribution in [2.75, 3.05) is 13.7 Å². The van der Waals surface area contributed by atoms with Crippen molar-refractivity contribution in [3.05, 3.63) is 32.6 Å². The molecule has 1 aromatic rings. The van der Waals surface area contributed by atoms with Crippen LogP contribution in [0.25, 0.3) is 0 Å². The molecule has 0 aliphatic carbocycles. The van der Waals surface area contributed by atoms with Crippen LogP contribution in [0.15, 0.2) is 15.8 Å². The Kier molecular flexibility index (Phi) is 3.65. The van der Waals surface area contributed by atoms with E-state index in [0.717, 1.165) is 0 Å². The van der Waals surface area contributed by atoms with E-state index in [-0.39, 0.29) is 17.7 Å². The topological polar surface area (TPSA) is 99.3 Å². The minimum absolute atomic E-state index is 0.186. The third kappa shape index (κ3) is 2.38. The number of aromatic nitrogens is 2. The molecule has 1 aromatic heterocycles. The quantitative estimate of drug-likeness (QED) is 0.729. The summed E-state index contributed by atoms with van der Waals surface area (Å²) in [6, 6.07) is -0.186. The first kappa shape index (κ1) is 13.0. The first-order valence-corrected chi connectivity index (χ1v) is 5.75. The monoisotopic (exact) mass is 255 g/mol. The Labute approximate surface area is 104 Å². The van der Waals surface area contributed by atoms with Gasteiger partial charge in [0, 0.05) is 31.3 Å². The van der Waals surface area contributed by atoms with E-state index in [4.69, 9.17) is 15.2 Å². The Morgan fingerprint density at radius 1 is 1.61 bits per heavy atom. The summed E-state index contributed by atoms with van der Waals surface area (Å²) in [4.78, 5) is 25.2. The number of methoxy groups -OCH3 is 1. The molecule has 0 saturated carbocycles. The van der Waals surface area contributed by atoms with Gasteiger partial charge in [0.1, 0.15) is 6.23 Å². The van der Waals surface area contributed by atoms with Crippen molar-refractivity contribution in [1.82, 2.24) is 9.55 Å². The van der Waals surface area contributed by atoms with Gasteiger partial charge in [-0.05, 0) is 6.92 Å². The number of nitrogens with zero attached hydrogens (tertiary/aromatic N) is 1. The second kappa shape index (κ2) is 5.05. The standard InChI is InChI=1S/C11H17N3O4/c1-6-4-14(11(16)13-10(6)15)9-3-7(12)8(18-9)5-17-2/h4,7-9H,3,5,12H2,1-2H3,(H,13,15,16)/t7?,8-,9-/m1/s1. The van der Waals surface area contributed by atoms with Crippen molar-refractivity contribution in [2.24, 2.45) is 5.73 Å². The summed E-state index contributed by atoms with van der Waals surface area (Å²) in [5, 5.41) is 0. The highest BCUT2D eigenvalue weighted by atomic mass is 16.5. The zero-order chi connectivity index (χ0) is 13.3. The second-order valence-electron chi connectivity index (χ2n) is 4.46. The van der Waals surface area contributed by atoms with E-state index in [1.807, 2.05) is 0 Å². The molecule has 7 nitrogen and oxygen atoms in total. The van der Waals surface area contributed by atoms with Crippen LogP contribution in [0.2, 0.25) is 0 Å². The summed E-state index contributed by atoms with van der Waals surface area (Å²) in [5.41, 5.74) is 5.51. The summed E-state index contributed by atoms with van der Waals surface area (Å²) >= 11 is 0. The summed E-state index contributed by atoms with van der Waals surface area (Å²) in [7, 11) is 1.57. The maximum Gasteiger partial charge on any atom is 0.330 e. The molecule has 0 amide bonds. The fourth-order valence-corrected chi connectivity index (χ4v) is 2.05. The van der Waals surface area contributed by atoms with Gasteiger partial charge in [0.2, 0.25) is 0 Å². The van der Waals surface area contributed by atoms with Crippen LogP contribution in [0.1, 0.15) is 18.2 Å². The molecule has 3 atom stereocenters. The van der Waals surface area contributed by atoms with Crippen LogP contribution in [-0.2, 0) is 9.47 Å². The molecule has 2 rings (SSSR count). The number of rotatable bonds is 3. The molecule has 100 valence electrons. The molecule has 0 bridgehead atoms. The number of ether oxygens (including phenoxy) is 2. The van der Waals surface area contributed by atoms with Crippen LogP contribution in [0.3, 0.4) is 0 Å². The Bertz CT molecular complexity index is 536. The largest absolute Gasteiger partial charge is 0.382 e. The Morgan fingerprint density at radius 2 is 2.33 bits per heavy atom. The first-order valence-electron chi connectivity index (χ1n) is 5.75. The van der Waals surface area contributed by atoms with Gasteiger partial charge in [0.05, 0.1) is 12.7 Å². The van der Waals surface area contributed by atoms with Crippen LogP contribution in [0, 0.1) is 6.92 Å². The van der Waals surface area contributed by atoms with Crippen LogP contribution in [0.5, 0.6) is 0 Å². The maximum atomic E-state index is 11.7. The fourth-order valence-electron chi connectivity index (χ4n) is 2.05. The average Bonchev–Trinajstić information content (AvgIpc) is 2.66. The highest BCUT2D eigenvalue weighted by molar-refractivity contribution is 5.02. The van der Waals surface area contributed by atoms with Crippen molar-refractivity contribution in [2.45, 2.75) is 31.7 Å². The lowest BCUT2D eigenvalue weighted by atomic mass is 10.1. The molecule has 0 aromatic carbocycles. The van der Waals surface area contributed by atoms with Crippen LogP contribution in [0.4, 0.5) is 0 Å². The van der Waals surface area contributed by atoms with Crippen molar-refractivity contribution in [3.8, 4) is 0 Å². The third-order valence-corrected chi connectivity index (χ3v) is 3.07. The minimum Gasteiger partial charge on any atom is -0.382 e. The third-order valence-electron chi connectivity index (χ3n) is 3.07. The average molecular weight is 255 g/mol. The van der Waals surface area contributed by atoms with Gasteiger partial charge in [-0.2, -0.15) is 0 Å². The van der Waals surface area contributed by atoms with Gasteiger partial charge in [0.15, 0.2) is 0 Å². The Hall–Kier alpha value is -1.44. The molecular formula is C11H17N3O4. The molecule has 3 N–H and O–H groups in total. The smallest absolute Gasteiger partial charge is 0.330 e. The molecular weight excluding hydrogens is 238 g/mol. The lowest BCUT2D eigenvalue weighted by Gasteiger charge is -2.15. The summed E-state index contributed by atoms with van der Waals surface area (Å²) < 4.78 is 12.0. The van der Waals surface area contributed by atoms with E-state index in [0.29, 0.717) is 18.6 Å². The predicted molar refractivity (Wildman–Crippen MR) is 64.4 cm³/mol. The van der Waals surface area contributed by atoms with E-state index in [2.05, 4.69) is 4.98 Å². The van der Waals surface area contributed by atoms with E-state index in [1.165, 1.54) is 10.8 Å².